The van der Waals surface area contributed by atoms with Crippen molar-refractivity contribution in [3.63, 3.8) is 0 Å². The number of pyridine rings is 1. The van der Waals surface area contributed by atoms with Crippen molar-refractivity contribution < 1.29 is 22.7 Å². The van der Waals surface area contributed by atoms with E-state index >= 15 is 0 Å². The van der Waals surface area contributed by atoms with Gasteiger partial charge >= 0.3 is 5.97 Å². The molecule has 0 radical (unpaired) electrons. The number of hydrogen-bond acceptors (Lipinski definition) is 4. The average Bonchev–Trinajstić information content (AvgIpc) is 2.41. The molecule has 2 aromatic rings. The van der Waals surface area contributed by atoms with Crippen LogP contribution in [0.15, 0.2) is 41.6 Å². The second-order valence-electron chi connectivity index (χ2n) is 4.51. The van der Waals surface area contributed by atoms with E-state index in [1.165, 1.54) is 19.3 Å². The lowest BCUT2D eigenvalue weighted by molar-refractivity contribution is 0.0696. The number of sulfone groups is 1. The van der Waals surface area contributed by atoms with Crippen LogP contribution in [0.1, 0.15) is 21.5 Å². The average molecular weight is 309 g/mol. The zero-order chi connectivity index (χ0) is 15.6. The van der Waals surface area contributed by atoms with Gasteiger partial charge in [-0.3, -0.25) is 4.98 Å². The Bertz CT molecular complexity index is 788. The third-order valence-corrected chi connectivity index (χ3v) is 4.77. The van der Waals surface area contributed by atoms with Crippen LogP contribution in [0.4, 0.5) is 4.39 Å². The Hall–Kier alpha value is -2.28. The van der Waals surface area contributed by atoms with E-state index in [0.29, 0.717) is 5.56 Å². The summed E-state index contributed by atoms with van der Waals surface area (Å²) in [6.07, 6.45) is 2.90. The zero-order valence-corrected chi connectivity index (χ0v) is 11.9. The molecule has 0 amide bonds. The van der Waals surface area contributed by atoms with E-state index in [1.807, 2.05) is 0 Å². The molecule has 1 aromatic heterocycles. The third kappa shape index (κ3) is 3.25. The van der Waals surface area contributed by atoms with Gasteiger partial charge in [0.25, 0.3) is 0 Å². The molecular formula is C14H12FNO4S. The molecular weight excluding hydrogens is 297 g/mol. The maximum atomic E-state index is 13.7. The topological polar surface area (TPSA) is 84.3 Å². The summed E-state index contributed by atoms with van der Waals surface area (Å²) in [7, 11) is -3.87. The molecule has 0 unspecified atom stereocenters. The molecule has 0 aliphatic rings. The van der Waals surface area contributed by atoms with E-state index in [-0.39, 0.29) is 16.2 Å². The van der Waals surface area contributed by atoms with Gasteiger partial charge in [0.1, 0.15) is 5.82 Å². The summed E-state index contributed by atoms with van der Waals surface area (Å²) >= 11 is 0. The van der Waals surface area contributed by atoms with Gasteiger partial charge in [-0.05, 0) is 30.7 Å². The number of nitrogens with zero attached hydrogens (tertiary/aromatic N) is 1. The lowest BCUT2D eigenvalue weighted by atomic mass is 10.1. The predicted octanol–water partition coefficient (Wildman–Crippen LogP) is 2.20. The van der Waals surface area contributed by atoms with Gasteiger partial charge in [-0.2, -0.15) is 0 Å². The number of carboxylic acids is 1. The van der Waals surface area contributed by atoms with Gasteiger partial charge in [0, 0.05) is 18.0 Å². The van der Waals surface area contributed by atoms with Crippen LogP contribution in [-0.4, -0.2) is 24.5 Å². The normalized spacial score (nSPS) is 11.3. The molecule has 1 N–H and O–H groups in total. The standard InChI is InChI=1S/C14H12FNO4S/c1-9-12(15)5-11(14(17)18)6-13(9)21(19,20)8-10-3-2-4-16-7-10/h2-7H,8H2,1H3,(H,17,18). The van der Waals surface area contributed by atoms with Gasteiger partial charge in [0.2, 0.25) is 0 Å². The quantitative estimate of drug-likeness (QED) is 0.936. The molecule has 1 aromatic carbocycles. The SMILES string of the molecule is Cc1c(F)cc(C(=O)O)cc1S(=O)(=O)Cc1cccnc1. The number of carbonyl (C=O) groups is 1. The minimum Gasteiger partial charge on any atom is -0.478 e. The summed E-state index contributed by atoms with van der Waals surface area (Å²) in [4.78, 5) is 14.4. The molecule has 0 aliphatic carbocycles. The Morgan fingerprint density at radius 1 is 1.38 bits per heavy atom. The molecule has 0 spiro atoms. The minimum atomic E-state index is -3.87. The van der Waals surface area contributed by atoms with Crippen molar-refractivity contribution in [3.05, 3.63) is 59.2 Å². The van der Waals surface area contributed by atoms with E-state index in [1.54, 1.807) is 12.1 Å². The number of halogens is 1. The van der Waals surface area contributed by atoms with Crippen LogP contribution < -0.4 is 0 Å². The summed E-state index contributed by atoms with van der Waals surface area (Å²) in [5.74, 6) is -2.61. The first-order valence-electron chi connectivity index (χ1n) is 5.96. The molecule has 0 atom stereocenters. The Morgan fingerprint density at radius 3 is 2.67 bits per heavy atom. The fraction of sp³-hybridized carbons (Fsp3) is 0.143. The highest BCUT2D eigenvalue weighted by Crippen LogP contribution is 2.24. The highest BCUT2D eigenvalue weighted by Gasteiger charge is 2.22. The number of hydrogen-bond donors (Lipinski definition) is 1. The van der Waals surface area contributed by atoms with Crippen molar-refractivity contribution in [1.29, 1.82) is 0 Å². The highest BCUT2D eigenvalue weighted by atomic mass is 32.2. The summed E-state index contributed by atoms with van der Waals surface area (Å²) in [5.41, 5.74) is -0.0511. The summed E-state index contributed by atoms with van der Waals surface area (Å²) in [6, 6.07) is 4.95. The van der Waals surface area contributed by atoms with Crippen LogP contribution in [-0.2, 0) is 15.6 Å². The van der Waals surface area contributed by atoms with Gasteiger partial charge in [0.05, 0.1) is 16.2 Å². The molecule has 0 aliphatic heterocycles. The van der Waals surface area contributed by atoms with Crippen molar-refractivity contribution in [2.24, 2.45) is 0 Å². The lowest BCUT2D eigenvalue weighted by Gasteiger charge is -2.10. The number of rotatable bonds is 4. The number of carboxylic acid groups (broad SMARTS) is 1. The first-order valence-corrected chi connectivity index (χ1v) is 7.61. The van der Waals surface area contributed by atoms with Gasteiger partial charge in [0.15, 0.2) is 9.84 Å². The molecule has 0 saturated heterocycles. The van der Waals surface area contributed by atoms with E-state index < -0.39 is 27.2 Å². The first-order chi connectivity index (χ1) is 9.81. The summed E-state index contributed by atoms with van der Waals surface area (Å²) in [5, 5.41) is 8.91. The predicted molar refractivity (Wildman–Crippen MR) is 73.2 cm³/mol. The highest BCUT2D eigenvalue weighted by molar-refractivity contribution is 7.90. The number of aromatic carboxylic acids is 1. The molecule has 1 heterocycles. The monoisotopic (exact) mass is 309 g/mol. The molecule has 5 nitrogen and oxygen atoms in total. The number of aromatic nitrogens is 1. The second-order valence-corrected chi connectivity index (χ2v) is 6.46. The molecule has 2 rings (SSSR count). The van der Waals surface area contributed by atoms with E-state index in [0.717, 1.165) is 12.1 Å². The fourth-order valence-corrected chi connectivity index (χ4v) is 3.52. The molecule has 7 heteroatoms. The van der Waals surface area contributed by atoms with Gasteiger partial charge in [-0.25, -0.2) is 17.6 Å². The van der Waals surface area contributed by atoms with Gasteiger partial charge in [-0.15, -0.1) is 0 Å². The maximum Gasteiger partial charge on any atom is 0.335 e. The molecule has 0 fully saturated rings. The molecule has 21 heavy (non-hydrogen) atoms. The Labute approximate surface area is 121 Å². The smallest absolute Gasteiger partial charge is 0.335 e. The number of benzene rings is 1. The maximum absolute atomic E-state index is 13.7. The van der Waals surface area contributed by atoms with Crippen molar-refractivity contribution in [2.75, 3.05) is 0 Å². The van der Waals surface area contributed by atoms with Crippen LogP contribution in [0.5, 0.6) is 0 Å². The van der Waals surface area contributed by atoms with Crippen molar-refractivity contribution in [3.8, 4) is 0 Å². The third-order valence-electron chi connectivity index (χ3n) is 2.96. The van der Waals surface area contributed by atoms with E-state index in [4.69, 9.17) is 5.11 Å². The largest absolute Gasteiger partial charge is 0.478 e. The minimum absolute atomic E-state index is 0.0936. The lowest BCUT2D eigenvalue weighted by Crippen LogP contribution is -2.10. The molecule has 0 bridgehead atoms. The Morgan fingerprint density at radius 2 is 2.10 bits per heavy atom. The first kappa shape index (κ1) is 15.1. The molecule has 0 saturated carbocycles. The second kappa shape index (κ2) is 5.61. The van der Waals surface area contributed by atoms with Crippen LogP contribution in [0.2, 0.25) is 0 Å². The van der Waals surface area contributed by atoms with Gasteiger partial charge in [-0.1, -0.05) is 6.07 Å². The van der Waals surface area contributed by atoms with E-state index in [9.17, 15) is 17.6 Å². The van der Waals surface area contributed by atoms with Gasteiger partial charge < -0.3 is 5.11 Å². The van der Waals surface area contributed by atoms with Crippen molar-refractivity contribution >= 4 is 15.8 Å². The molecule has 110 valence electrons. The van der Waals surface area contributed by atoms with Crippen molar-refractivity contribution in [1.82, 2.24) is 4.98 Å². The van der Waals surface area contributed by atoms with Crippen molar-refractivity contribution in [2.45, 2.75) is 17.6 Å². The summed E-state index contributed by atoms with van der Waals surface area (Å²) in [6.45, 7) is 1.30. The van der Waals surface area contributed by atoms with Crippen LogP contribution >= 0.6 is 0 Å². The summed E-state index contributed by atoms with van der Waals surface area (Å²) < 4.78 is 38.5. The van der Waals surface area contributed by atoms with Crippen LogP contribution in [0.25, 0.3) is 0 Å². The van der Waals surface area contributed by atoms with Crippen LogP contribution in [0, 0.1) is 12.7 Å². The Balaban J connectivity index is 2.52. The Kier molecular flexibility index (Phi) is 4.04. The van der Waals surface area contributed by atoms with E-state index in [2.05, 4.69) is 4.98 Å². The fourth-order valence-electron chi connectivity index (χ4n) is 1.88. The van der Waals surface area contributed by atoms with Crippen LogP contribution in [0.3, 0.4) is 0 Å². The zero-order valence-electron chi connectivity index (χ0n) is 11.1.